The Morgan fingerprint density at radius 2 is 1.81 bits per heavy atom. The molecular weight excluding hydrogens is 222 g/mol. The molecule has 1 unspecified atom stereocenters. The molecule has 0 saturated carbocycles. The SMILES string of the molecule is CC(C)(C)c1ccc(OC(S)C(N)=O)cc1. The molecule has 16 heavy (non-hydrogen) atoms. The third-order valence-corrected chi connectivity index (χ3v) is 2.57. The van der Waals surface area contributed by atoms with Gasteiger partial charge in [0.05, 0.1) is 0 Å². The Hall–Kier alpha value is -1.16. The highest BCUT2D eigenvalue weighted by atomic mass is 32.1. The van der Waals surface area contributed by atoms with Crippen molar-refractivity contribution in [1.29, 1.82) is 0 Å². The topological polar surface area (TPSA) is 52.3 Å². The van der Waals surface area contributed by atoms with Crippen LogP contribution in [0.15, 0.2) is 24.3 Å². The monoisotopic (exact) mass is 239 g/mol. The van der Waals surface area contributed by atoms with Gasteiger partial charge in [-0.05, 0) is 23.1 Å². The fourth-order valence-electron chi connectivity index (χ4n) is 1.22. The molecule has 0 aliphatic heterocycles. The van der Waals surface area contributed by atoms with Gasteiger partial charge in [0.25, 0.3) is 5.91 Å². The molecule has 0 aromatic heterocycles. The lowest BCUT2D eigenvalue weighted by Crippen LogP contribution is -2.28. The van der Waals surface area contributed by atoms with Gasteiger partial charge >= 0.3 is 0 Å². The van der Waals surface area contributed by atoms with Gasteiger partial charge in [-0.2, -0.15) is 0 Å². The van der Waals surface area contributed by atoms with Gasteiger partial charge in [0, 0.05) is 0 Å². The van der Waals surface area contributed by atoms with Gasteiger partial charge in [0.1, 0.15) is 5.75 Å². The lowest BCUT2D eigenvalue weighted by atomic mass is 9.87. The van der Waals surface area contributed by atoms with E-state index in [9.17, 15) is 4.79 Å². The predicted octanol–water partition coefficient (Wildman–Crippen LogP) is 2.10. The molecule has 0 aliphatic carbocycles. The van der Waals surface area contributed by atoms with Crippen LogP contribution >= 0.6 is 12.6 Å². The standard InChI is InChI=1S/C12H17NO2S/c1-12(2,3)8-4-6-9(7-5-8)15-11(16)10(13)14/h4-7,11,16H,1-3H3,(H2,13,14). The van der Waals surface area contributed by atoms with Gasteiger partial charge in [-0.3, -0.25) is 4.79 Å². The average molecular weight is 239 g/mol. The summed E-state index contributed by atoms with van der Waals surface area (Å²) in [6, 6.07) is 7.56. The van der Waals surface area contributed by atoms with Gasteiger partial charge < -0.3 is 10.5 Å². The molecule has 88 valence electrons. The highest BCUT2D eigenvalue weighted by Gasteiger charge is 2.14. The van der Waals surface area contributed by atoms with Crippen molar-refractivity contribution in [3.05, 3.63) is 29.8 Å². The molecule has 0 bridgehead atoms. The second-order valence-corrected chi connectivity index (χ2v) is 5.12. The number of amides is 1. The van der Waals surface area contributed by atoms with Gasteiger partial charge in [-0.15, -0.1) is 12.6 Å². The number of carbonyl (C=O) groups is 1. The van der Waals surface area contributed by atoms with E-state index in [1.165, 1.54) is 5.56 Å². The molecule has 0 radical (unpaired) electrons. The molecule has 1 aromatic carbocycles. The van der Waals surface area contributed by atoms with Crippen LogP contribution in [0.2, 0.25) is 0 Å². The van der Waals surface area contributed by atoms with Crippen LogP contribution in [0.1, 0.15) is 26.3 Å². The molecule has 0 aliphatic rings. The molecule has 0 heterocycles. The molecule has 3 nitrogen and oxygen atoms in total. The smallest absolute Gasteiger partial charge is 0.268 e. The van der Waals surface area contributed by atoms with Crippen LogP contribution in [0.5, 0.6) is 5.75 Å². The first kappa shape index (κ1) is 12.9. The number of nitrogens with two attached hydrogens (primary N) is 1. The number of thiol groups is 1. The third-order valence-electron chi connectivity index (χ3n) is 2.21. The summed E-state index contributed by atoms with van der Waals surface area (Å²) in [6.07, 6.45) is 0. The molecule has 0 spiro atoms. The van der Waals surface area contributed by atoms with Gasteiger partial charge in [0.2, 0.25) is 5.44 Å². The van der Waals surface area contributed by atoms with Crippen LogP contribution in [-0.4, -0.2) is 11.3 Å². The molecule has 1 rings (SSSR count). The van der Waals surface area contributed by atoms with Crippen LogP contribution in [-0.2, 0) is 10.2 Å². The molecule has 2 N–H and O–H groups in total. The molecule has 4 heteroatoms. The van der Waals surface area contributed by atoms with Crippen molar-refractivity contribution in [1.82, 2.24) is 0 Å². The minimum atomic E-state index is -0.902. The van der Waals surface area contributed by atoms with Crippen molar-refractivity contribution in [3.8, 4) is 5.75 Å². The lowest BCUT2D eigenvalue weighted by Gasteiger charge is -2.19. The Morgan fingerprint density at radius 1 is 1.31 bits per heavy atom. The second kappa shape index (κ2) is 4.78. The normalized spacial score (nSPS) is 13.2. The minimum absolute atomic E-state index is 0.0998. The zero-order valence-corrected chi connectivity index (χ0v) is 10.6. The van der Waals surface area contributed by atoms with Gasteiger partial charge in [-0.25, -0.2) is 0 Å². The highest BCUT2D eigenvalue weighted by molar-refractivity contribution is 7.81. The predicted molar refractivity (Wildman–Crippen MR) is 67.7 cm³/mol. The Balaban J connectivity index is 2.76. The van der Waals surface area contributed by atoms with E-state index >= 15 is 0 Å². The quantitative estimate of drug-likeness (QED) is 0.627. The summed E-state index contributed by atoms with van der Waals surface area (Å²) in [4.78, 5) is 10.8. The Morgan fingerprint density at radius 3 is 2.19 bits per heavy atom. The van der Waals surface area contributed by atoms with E-state index in [2.05, 4.69) is 33.4 Å². The second-order valence-electron chi connectivity index (χ2n) is 4.65. The zero-order chi connectivity index (χ0) is 12.3. The van der Waals surface area contributed by atoms with Crippen molar-refractivity contribution in [2.45, 2.75) is 31.6 Å². The summed E-state index contributed by atoms with van der Waals surface area (Å²) in [5.41, 5.74) is 5.44. The number of benzene rings is 1. The summed E-state index contributed by atoms with van der Waals surface area (Å²) in [7, 11) is 0. The van der Waals surface area contributed by atoms with E-state index < -0.39 is 11.3 Å². The maximum Gasteiger partial charge on any atom is 0.268 e. The number of primary amides is 1. The number of rotatable bonds is 3. The van der Waals surface area contributed by atoms with Crippen molar-refractivity contribution >= 4 is 18.5 Å². The van der Waals surface area contributed by atoms with E-state index in [1.54, 1.807) is 0 Å². The first-order valence-corrected chi connectivity index (χ1v) is 5.57. The van der Waals surface area contributed by atoms with Crippen molar-refractivity contribution in [2.24, 2.45) is 5.73 Å². The number of ether oxygens (including phenoxy) is 1. The number of carbonyl (C=O) groups excluding carboxylic acids is 1. The Bertz CT molecular complexity index is 368. The lowest BCUT2D eigenvalue weighted by molar-refractivity contribution is -0.121. The molecule has 1 aromatic rings. The summed E-state index contributed by atoms with van der Waals surface area (Å²) in [6.45, 7) is 6.40. The van der Waals surface area contributed by atoms with Gasteiger partial charge in [0.15, 0.2) is 0 Å². The maximum absolute atomic E-state index is 10.8. The summed E-state index contributed by atoms with van der Waals surface area (Å²) in [5, 5.41) is 0. The first-order chi connectivity index (χ1) is 7.30. The van der Waals surface area contributed by atoms with Crippen molar-refractivity contribution < 1.29 is 9.53 Å². The van der Waals surface area contributed by atoms with Crippen LogP contribution in [0.25, 0.3) is 0 Å². The average Bonchev–Trinajstić information content (AvgIpc) is 2.17. The summed E-state index contributed by atoms with van der Waals surface area (Å²) >= 11 is 3.92. The summed E-state index contributed by atoms with van der Waals surface area (Å²) < 4.78 is 5.23. The van der Waals surface area contributed by atoms with Crippen LogP contribution in [0.4, 0.5) is 0 Å². The van der Waals surface area contributed by atoms with E-state index in [4.69, 9.17) is 10.5 Å². The van der Waals surface area contributed by atoms with Crippen LogP contribution in [0, 0.1) is 0 Å². The molecule has 1 atom stereocenters. The minimum Gasteiger partial charge on any atom is -0.470 e. The molecule has 1 amide bonds. The van der Waals surface area contributed by atoms with Crippen molar-refractivity contribution in [3.63, 3.8) is 0 Å². The number of hydrogen-bond acceptors (Lipinski definition) is 3. The largest absolute Gasteiger partial charge is 0.470 e. The zero-order valence-electron chi connectivity index (χ0n) is 9.73. The Labute approximate surface area is 101 Å². The van der Waals surface area contributed by atoms with Gasteiger partial charge in [-0.1, -0.05) is 32.9 Å². The third kappa shape index (κ3) is 3.45. The molecular formula is C12H17NO2S. The van der Waals surface area contributed by atoms with E-state index in [-0.39, 0.29) is 5.41 Å². The van der Waals surface area contributed by atoms with Crippen LogP contribution in [0.3, 0.4) is 0 Å². The first-order valence-electron chi connectivity index (χ1n) is 5.05. The highest BCUT2D eigenvalue weighted by Crippen LogP contribution is 2.24. The summed E-state index contributed by atoms with van der Waals surface area (Å²) in [5.74, 6) is -0.00460. The van der Waals surface area contributed by atoms with E-state index in [1.807, 2.05) is 24.3 Å². The number of hydrogen-bond donors (Lipinski definition) is 2. The maximum atomic E-state index is 10.8. The fraction of sp³-hybridized carbons (Fsp3) is 0.417. The van der Waals surface area contributed by atoms with Crippen LogP contribution < -0.4 is 10.5 Å². The molecule has 0 fully saturated rings. The molecule has 0 saturated heterocycles. The van der Waals surface area contributed by atoms with Crippen molar-refractivity contribution in [2.75, 3.05) is 0 Å². The Kier molecular flexibility index (Phi) is 3.86. The van der Waals surface area contributed by atoms with E-state index in [0.29, 0.717) is 5.75 Å². The van der Waals surface area contributed by atoms with E-state index in [0.717, 1.165) is 0 Å². The fourth-order valence-corrected chi connectivity index (χ4v) is 1.34.